The maximum Gasteiger partial charge on any atom is 0.148 e. The van der Waals surface area contributed by atoms with Gasteiger partial charge in [0.2, 0.25) is 0 Å². The molecular formula is C12H12N6. The molecule has 0 unspecified atom stereocenters. The molecule has 90 valence electrons. The standard InChI is InChI=1S/C12H12N6/c1-8-11(15-7-16-12(8)18-14)17-10-4-2-3-9(5-10)6-13/h2-5,7H,14H2,1H3,(H2,15,16,17,18). The van der Waals surface area contributed by atoms with Crippen LogP contribution in [0.4, 0.5) is 17.3 Å². The van der Waals surface area contributed by atoms with Crippen molar-refractivity contribution in [2.45, 2.75) is 6.92 Å². The summed E-state index contributed by atoms with van der Waals surface area (Å²) in [7, 11) is 0. The molecule has 0 aliphatic carbocycles. The second-order valence-electron chi connectivity index (χ2n) is 3.66. The quantitative estimate of drug-likeness (QED) is 0.557. The summed E-state index contributed by atoms with van der Waals surface area (Å²) < 4.78 is 0. The van der Waals surface area contributed by atoms with Crippen LogP contribution in [-0.4, -0.2) is 9.97 Å². The summed E-state index contributed by atoms with van der Waals surface area (Å²) in [4.78, 5) is 8.13. The Morgan fingerprint density at radius 1 is 1.28 bits per heavy atom. The van der Waals surface area contributed by atoms with Crippen LogP contribution < -0.4 is 16.6 Å². The predicted molar refractivity (Wildman–Crippen MR) is 69.0 cm³/mol. The predicted octanol–water partition coefficient (Wildman–Crippen LogP) is 1.69. The molecule has 1 aromatic carbocycles. The molecule has 0 fully saturated rings. The maximum absolute atomic E-state index is 8.83. The third kappa shape index (κ3) is 2.36. The number of benzene rings is 1. The van der Waals surface area contributed by atoms with Crippen LogP contribution in [0.15, 0.2) is 30.6 Å². The third-order valence-electron chi connectivity index (χ3n) is 2.48. The van der Waals surface area contributed by atoms with E-state index >= 15 is 0 Å². The van der Waals surface area contributed by atoms with E-state index in [-0.39, 0.29) is 0 Å². The third-order valence-corrected chi connectivity index (χ3v) is 2.48. The Balaban J connectivity index is 2.31. The van der Waals surface area contributed by atoms with E-state index in [9.17, 15) is 0 Å². The number of anilines is 3. The van der Waals surface area contributed by atoms with Crippen molar-refractivity contribution in [3.63, 3.8) is 0 Å². The lowest BCUT2D eigenvalue weighted by atomic mass is 10.2. The van der Waals surface area contributed by atoms with Gasteiger partial charge < -0.3 is 10.7 Å². The molecule has 18 heavy (non-hydrogen) atoms. The first-order valence-corrected chi connectivity index (χ1v) is 5.30. The molecule has 0 saturated carbocycles. The lowest BCUT2D eigenvalue weighted by Crippen LogP contribution is -2.11. The summed E-state index contributed by atoms with van der Waals surface area (Å²) in [5.74, 6) is 6.55. The highest BCUT2D eigenvalue weighted by atomic mass is 15.3. The van der Waals surface area contributed by atoms with Gasteiger partial charge in [-0.05, 0) is 25.1 Å². The van der Waals surface area contributed by atoms with Crippen molar-refractivity contribution in [3.8, 4) is 6.07 Å². The van der Waals surface area contributed by atoms with E-state index in [1.165, 1.54) is 6.33 Å². The van der Waals surface area contributed by atoms with Crippen LogP contribution in [0.1, 0.15) is 11.1 Å². The van der Waals surface area contributed by atoms with Crippen molar-refractivity contribution in [1.82, 2.24) is 9.97 Å². The fraction of sp³-hybridized carbons (Fsp3) is 0.0833. The first-order valence-electron chi connectivity index (χ1n) is 5.30. The van der Waals surface area contributed by atoms with Gasteiger partial charge in [-0.2, -0.15) is 5.26 Å². The second kappa shape index (κ2) is 5.12. The summed E-state index contributed by atoms with van der Waals surface area (Å²) in [6, 6.07) is 9.24. The second-order valence-corrected chi connectivity index (χ2v) is 3.66. The van der Waals surface area contributed by atoms with Gasteiger partial charge in [0.25, 0.3) is 0 Å². The molecule has 6 heteroatoms. The zero-order chi connectivity index (χ0) is 13.0. The summed E-state index contributed by atoms with van der Waals surface area (Å²) in [5.41, 5.74) is 4.69. The van der Waals surface area contributed by atoms with E-state index in [0.717, 1.165) is 11.3 Å². The highest BCUT2D eigenvalue weighted by Gasteiger charge is 2.06. The largest absolute Gasteiger partial charge is 0.340 e. The number of hydrogen-bond acceptors (Lipinski definition) is 6. The van der Waals surface area contributed by atoms with Crippen LogP contribution in [-0.2, 0) is 0 Å². The summed E-state index contributed by atoms with van der Waals surface area (Å²) >= 11 is 0. The van der Waals surface area contributed by atoms with E-state index in [1.807, 2.05) is 13.0 Å². The molecule has 0 aliphatic heterocycles. The molecule has 0 bridgehead atoms. The topological polar surface area (TPSA) is 99.7 Å². The van der Waals surface area contributed by atoms with Gasteiger partial charge in [0.1, 0.15) is 18.0 Å². The number of rotatable bonds is 3. The highest BCUT2D eigenvalue weighted by molar-refractivity contribution is 5.64. The van der Waals surface area contributed by atoms with Gasteiger partial charge in [-0.25, -0.2) is 15.8 Å². The van der Waals surface area contributed by atoms with Crippen LogP contribution in [0.3, 0.4) is 0 Å². The van der Waals surface area contributed by atoms with Crippen LogP contribution in [0, 0.1) is 18.3 Å². The number of nitriles is 1. The van der Waals surface area contributed by atoms with Crippen LogP contribution in [0.2, 0.25) is 0 Å². The van der Waals surface area contributed by atoms with E-state index < -0.39 is 0 Å². The highest BCUT2D eigenvalue weighted by Crippen LogP contribution is 2.22. The molecule has 0 amide bonds. The van der Waals surface area contributed by atoms with Gasteiger partial charge in [-0.1, -0.05) is 6.07 Å². The van der Waals surface area contributed by atoms with Crippen molar-refractivity contribution in [1.29, 1.82) is 5.26 Å². The van der Waals surface area contributed by atoms with E-state index in [2.05, 4.69) is 26.8 Å². The van der Waals surface area contributed by atoms with Crippen molar-refractivity contribution >= 4 is 17.3 Å². The molecule has 2 aromatic rings. The molecule has 0 atom stereocenters. The smallest absolute Gasteiger partial charge is 0.148 e. The minimum Gasteiger partial charge on any atom is -0.340 e. The molecule has 1 aromatic heterocycles. The van der Waals surface area contributed by atoms with Crippen LogP contribution in [0.5, 0.6) is 0 Å². The van der Waals surface area contributed by atoms with Crippen LogP contribution in [0.25, 0.3) is 0 Å². The van der Waals surface area contributed by atoms with Gasteiger partial charge in [-0.15, -0.1) is 0 Å². The first-order chi connectivity index (χ1) is 8.74. The van der Waals surface area contributed by atoms with Crippen molar-refractivity contribution < 1.29 is 0 Å². The fourth-order valence-electron chi connectivity index (χ4n) is 1.52. The molecular weight excluding hydrogens is 228 g/mol. The fourth-order valence-corrected chi connectivity index (χ4v) is 1.52. The van der Waals surface area contributed by atoms with Crippen molar-refractivity contribution in [2.24, 2.45) is 5.84 Å². The average Bonchev–Trinajstić information content (AvgIpc) is 2.41. The molecule has 6 nitrogen and oxygen atoms in total. The molecule has 0 spiro atoms. The molecule has 0 aliphatic rings. The Labute approximate surface area is 104 Å². The molecule has 0 saturated heterocycles. The van der Waals surface area contributed by atoms with Gasteiger partial charge in [0.05, 0.1) is 11.6 Å². The zero-order valence-corrected chi connectivity index (χ0v) is 9.81. The normalized spacial score (nSPS) is 9.61. The number of nitrogens with two attached hydrogens (primary N) is 1. The van der Waals surface area contributed by atoms with E-state index in [4.69, 9.17) is 11.1 Å². The zero-order valence-electron chi connectivity index (χ0n) is 9.81. The summed E-state index contributed by atoms with van der Waals surface area (Å²) in [6.07, 6.45) is 1.42. The van der Waals surface area contributed by atoms with Gasteiger partial charge in [0.15, 0.2) is 0 Å². The Morgan fingerprint density at radius 2 is 2.06 bits per heavy atom. The number of nitrogens with zero attached hydrogens (tertiary/aromatic N) is 3. The SMILES string of the molecule is Cc1c(NN)ncnc1Nc1cccc(C#N)c1. The number of aromatic nitrogens is 2. The van der Waals surface area contributed by atoms with Gasteiger partial charge in [0, 0.05) is 11.3 Å². The first kappa shape index (κ1) is 11.8. The van der Waals surface area contributed by atoms with Crippen molar-refractivity contribution in [2.75, 3.05) is 10.7 Å². The molecule has 4 N–H and O–H groups in total. The average molecular weight is 240 g/mol. The maximum atomic E-state index is 8.83. The minimum atomic E-state index is 0.559. The Morgan fingerprint density at radius 3 is 2.78 bits per heavy atom. The number of nitrogen functional groups attached to an aromatic ring is 1. The minimum absolute atomic E-state index is 0.559. The number of hydrazine groups is 1. The monoisotopic (exact) mass is 240 g/mol. The molecule has 0 radical (unpaired) electrons. The Hall–Kier alpha value is -2.65. The number of nitrogens with one attached hydrogen (secondary N) is 2. The number of hydrogen-bond donors (Lipinski definition) is 3. The van der Waals surface area contributed by atoms with Gasteiger partial charge in [-0.3, -0.25) is 0 Å². The van der Waals surface area contributed by atoms with Crippen LogP contribution >= 0.6 is 0 Å². The van der Waals surface area contributed by atoms with Crippen molar-refractivity contribution in [3.05, 3.63) is 41.7 Å². The Kier molecular flexibility index (Phi) is 3.36. The molecule has 1 heterocycles. The lowest BCUT2D eigenvalue weighted by Gasteiger charge is -2.10. The summed E-state index contributed by atoms with van der Waals surface area (Å²) in [6.45, 7) is 1.85. The molecule has 2 rings (SSSR count). The Bertz CT molecular complexity index is 602. The van der Waals surface area contributed by atoms with Gasteiger partial charge >= 0.3 is 0 Å². The van der Waals surface area contributed by atoms with E-state index in [0.29, 0.717) is 17.2 Å². The lowest BCUT2D eigenvalue weighted by molar-refractivity contribution is 1.11. The summed E-state index contributed by atoms with van der Waals surface area (Å²) in [5, 5.41) is 12.0. The van der Waals surface area contributed by atoms with E-state index in [1.54, 1.807) is 18.2 Å².